The number of halogens is 1. The first-order chi connectivity index (χ1) is 8.18. The molecule has 0 aromatic carbocycles. The highest BCUT2D eigenvalue weighted by Gasteiger charge is 2.64. The van der Waals surface area contributed by atoms with Gasteiger partial charge in [-0.05, 0) is 32.1 Å². The molecule has 0 aromatic heterocycles. The summed E-state index contributed by atoms with van der Waals surface area (Å²) in [5.41, 5.74) is 0.0126. The number of rotatable bonds is 0. The van der Waals surface area contributed by atoms with E-state index < -0.39 is 0 Å². The zero-order valence-electron chi connectivity index (χ0n) is 10.4. The summed E-state index contributed by atoms with van der Waals surface area (Å²) in [4.78, 5) is 12.7. The maximum atomic E-state index is 12.7. The molecule has 1 spiro atoms. The van der Waals surface area contributed by atoms with Crippen molar-refractivity contribution in [3.63, 3.8) is 0 Å². The van der Waals surface area contributed by atoms with Crippen LogP contribution in [0, 0.1) is 0 Å². The average Bonchev–Trinajstić information content (AvgIpc) is 2.42. The molecule has 3 unspecified atom stereocenters. The van der Waals surface area contributed by atoms with Crippen molar-refractivity contribution in [2.75, 3.05) is 6.54 Å². The smallest absolute Gasteiger partial charge is 0.249 e. The topological polar surface area (TPSA) is 29.1 Å². The molecule has 3 atom stereocenters. The summed E-state index contributed by atoms with van der Waals surface area (Å²) < 4.78 is 0.505. The summed E-state index contributed by atoms with van der Waals surface area (Å²) in [5.74, 6) is 0.397. The minimum Gasteiger partial charge on any atom is -0.249 e. The van der Waals surface area contributed by atoms with Gasteiger partial charge in [-0.3, -0.25) is 0 Å². The van der Waals surface area contributed by atoms with Gasteiger partial charge in [-0.1, -0.05) is 12.8 Å². The van der Waals surface area contributed by atoms with Crippen molar-refractivity contribution in [1.82, 2.24) is 5.32 Å². The Morgan fingerprint density at radius 2 is 1.82 bits per heavy atom. The van der Waals surface area contributed by atoms with Crippen LogP contribution in [0.2, 0.25) is 0 Å². The second-order valence-corrected chi connectivity index (χ2v) is 7.13. The van der Waals surface area contributed by atoms with Crippen LogP contribution in [0.15, 0.2) is 0 Å². The Labute approximate surface area is 112 Å². The highest BCUT2D eigenvalue weighted by atomic mass is 79.9. The molecule has 2 bridgehead atoms. The van der Waals surface area contributed by atoms with Gasteiger partial charge in [0.2, 0.25) is 16.1 Å². The fourth-order valence-corrected chi connectivity index (χ4v) is 4.91. The second-order valence-electron chi connectivity index (χ2n) is 5.92. The first-order valence-corrected chi connectivity index (χ1v) is 7.79. The van der Waals surface area contributed by atoms with E-state index in [1.807, 2.05) is 0 Å². The van der Waals surface area contributed by atoms with Crippen LogP contribution in [-0.4, -0.2) is 27.7 Å². The van der Waals surface area contributed by atoms with Gasteiger partial charge in [0.05, 0.1) is 6.54 Å². The molecule has 3 rings (SSSR count). The minimum atomic E-state index is 0.0126. The third-order valence-corrected chi connectivity index (χ3v) is 6.29. The van der Waals surface area contributed by atoms with Gasteiger partial charge < -0.3 is 0 Å². The van der Waals surface area contributed by atoms with Crippen LogP contribution < -0.4 is 5.32 Å². The number of carbonyl (C=O) groups is 1. The average molecular weight is 302 g/mol. The minimum absolute atomic E-state index is 0.0126. The molecule has 17 heavy (non-hydrogen) atoms. The van der Waals surface area contributed by atoms with E-state index in [2.05, 4.69) is 21.5 Å². The molecule has 3 aliphatic rings. The number of quaternary nitrogens is 1. The van der Waals surface area contributed by atoms with E-state index in [-0.39, 0.29) is 11.7 Å². The van der Waals surface area contributed by atoms with Gasteiger partial charge in [0.25, 0.3) is 0 Å². The molecule has 3 nitrogen and oxygen atoms in total. The number of nitrogens with zero attached hydrogens (tertiary/aromatic N) is 1. The van der Waals surface area contributed by atoms with Gasteiger partial charge >= 0.3 is 5.91 Å². The largest absolute Gasteiger partial charge is 0.342 e. The van der Waals surface area contributed by atoms with Gasteiger partial charge in [-0.2, -0.15) is 3.51 Å². The number of hydrogen-bond acceptors (Lipinski definition) is 2. The molecule has 0 saturated carbocycles. The number of nitrogens with one attached hydrogen (secondary N) is 1. The number of carbonyl (C=O) groups excluding carboxylic acids is 1. The molecular weight excluding hydrogens is 280 g/mol. The van der Waals surface area contributed by atoms with Crippen molar-refractivity contribution in [3.8, 4) is 0 Å². The maximum absolute atomic E-state index is 12.7. The summed E-state index contributed by atoms with van der Waals surface area (Å²) in [7, 11) is 0. The normalized spacial score (nSPS) is 46.9. The highest BCUT2D eigenvalue weighted by Crippen LogP contribution is 2.46. The van der Waals surface area contributed by atoms with Crippen molar-refractivity contribution >= 4 is 22.1 Å². The van der Waals surface area contributed by atoms with E-state index >= 15 is 0 Å². The quantitative estimate of drug-likeness (QED) is 0.697. The lowest BCUT2D eigenvalue weighted by atomic mass is 9.93. The first-order valence-electron chi connectivity index (χ1n) is 7.08. The van der Waals surface area contributed by atoms with E-state index in [0.717, 1.165) is 25.8 Å². The lowest BCUT2D eigenvalue weighted by molar-refractivity contribution is -0.757. The van der Waals surface area contributed by atoms with Crippen LogP contribution in [-0.2, 0) is 4.79 Å². The fraction of sp³-hybridized carbons (Fsp3) is 0.923. The van der Waals surface area contributed by atoms with Crippen molar-refractivity contribution in [2.24, 2.45) is 0 Å². The lowest BCUT2D eigenvalue weighted by Gasteiger charge is -2.39. The maximum Gasteiger partial charge on any atom is 0.342 e. The molecule has 3 saturated heterocycles. The molecule has 3 aliphatic heterocycles. The standard InChI is InChI=1S/C13H22BrN2O/c14-16-10-6-2-5-9-13(16)8-4-1-3-7-11(15-13)12(16)17/h11,15H,1-10H2/q+1. The molecule has 4 heteroatoms. The Balaban J connectivity index is 2.00. The number of fused-ring (bicyclic) bond motifs is 1. The van der Waals surface area contributed by atoms with Crippen molar-refractivity contribution in [2.45, 2.75) is 69.5 Å². The van der Waals surface area contributed by atoms with Gasteiger partial charge in [0, 0.05) is 12.8 Å². The monoisotopic (exact) mass is 301 g/mol. The number of hydrogen-bond donors (Lipinski definition) is 1. The van der Waals surface area contributed by atoms with E-state index in [1.165, 1.54) is 38.5 Å². The zero-order chi connectivity index (χ0) is 11.9. The molecule has 0 aliphatic carbocycles. The second kappa shape index (κ2) is 4.32. The molecule has 0 radical (unpaired) electrons. The Bertz CT molecular complexity index is 335. The Hall–Kier alpha value is 0.0700. The van der Waals surface area contributed by atoms with E-state index in [4.69, 9.17) is 0 Å². The van der Waals surface area contributed by atoms with Crippen molar-refractivity contribution in [3.05, 3.63) is 0 Å². The Morgan fingerprint density at radius 3 is 2.59 bits per heavy atom. The van der Waals surface area contributed by atoms with Crippen LogP contribution >= 0.6 is 16.1 Å². The Kier molecular flexibility index (Phi) is 3.08. The molecule has 0 aromatic rings. The fourth-order valence-electron chi connectivity index (χ4n) is 3.96. The molecule has 1 amide bonds. The lowest BCUT2D eigenvalue weighted by Crippen LogP contribution is -2.59. The van der Waals surface area contributed by atoms with Gasteiger partial charge in [-0.25, -0.2) is 10.1 Å². The predicted molar refractivity (Wildman–Crippen MR) is 70.3 cm³/mol. The van der Waals surface area contributed by atoms with Gasteiger partial charge in [0.15, 0.2) is 5.66 Å². The van der Waals surface area contributed by atoms with Gasteiger partial charge in [0.1, 0.15) is 6.04 Å². The number of amides is 1. The van der Waals surface area contributed by atoms with E-state index in [1.54, 1.807) is 0 Å². The van der Waals surface area contributed by atoms with Crippen LogP contribution in [0.25, 0.3) is 0 Å². The van der Waals surface area contributed by atoms with Crippen LogP contribution in [0.3, 0.4) is 0 Å². The summed E-state index contributed by atoms with van der Waals surface area (Å²) in [6, 6.07) is 0.104. The molecule has 96 valence electrons. The van der Waals surface area contributed by atoms with Crippen LogP contribution in [0.1, 0.15) is 57.8 Å². The van der Waals surface area contributed by atoms with Crippen LogP contribution in [0.4, 0.5) is 0 Å². The molecule has 3 heterocycles. The molecular formula is C13H22BrN2O+. The molecule has 3 fully saturated rings. The predicted octanol–water partition coefficient (Wildman–Crippen LogP) is 2.85. The zero-order valence-corrected chi connectivity index (χ0v) is 12.0. The van der Waals surface area contributed by atoms with Crippen LogP contribution in [0.5, 0.6) is 0 Å². The van der Waals surface area contributed by atoms with E-state index in [9.17, 15) is 4.79 Å². The Morgan fingerprint density at radius 1 is 1.12 bits per heavy atom. The van der Waals surface area contributed by atoms with Crippen molar-refractivity contribution in [1.29, 1.82) is 0 Å². The summed E-state index contributed by atoms with van der Waals surface area (Å²) in [6.45, 7) is 0.975. The van der Waals surface area contributed by atoms with Gasteiger partial charge in [-0.15, -0.1) is 0 Å². The first kappa shape index (κ1) is 12.1. The summed E-state index contributed by atoms with van der Waals surface area (Å²) in [5, 5.41) is 3.71. The third kappa shape index (κ3) is 1.71. The van der Waals surface area contributed by atoms with Crippen molar-refractivity contribution < 1.29 is 8.30 Å². The van der Waals surface area contributed by atoms with E-state index in [0.29, 0.717) is 9.42 Å². The molecule has 1 N–H and O–H groups in total. The highest BCUT2D eigenvalue weighted by molar-refractivity contribution is 9.05. The summed E-state index contributed by atoms with van der Waals surface area (Å²) >= 11 is 3.83. The SMILES string of the molecule is O=C1C2CCCCCC3(CCCCC[N+]13Br)N2. The summed E-state index contributed by atoms with van der Waals surface area (Å²) in [6.07, 6.45) is 10.8. The third-order valence-electron chi connectivity index (χ3n) is 4.91.